The van der Waals surface area contributed by atoms with Crippen LogP contribution >= 0.6 is 11.5 Å². The van der Waals surface area contributed by atoms with Crippen LogP contribution in [0.4, 0.5) is 4.39 Å². The third-order valence-electron chi connectivity index (χ3n) is 2.51. The highest BCUT2D eigenvalue weighted by atomic mass is 32.1. The molecule has 0 fully saturated rings. The van der Waals surface area contributed by atoms with Crippen molar-refractivity contribution in [3.8, 4) is 0 Å². The Bertz CT molecular complexity index is 484. The van der Waals surface area contributed by atoms with E-state index in [1.54, 1.807) is 12.1 Å². The zero-order chi connectivity index (χ0) is 12.3. The van der Waals surface area contributed by atoms with Gasteiger partial charge >= 0.3 is 0 Å². The van der Waals surface area contributed by atoms with E-state index in [9.17, 15) is 9.50 Å². The molecule has 0 saturated heterocycles. The lowest BCUT2D eigenvalue weighted by Gasteiger charge is -2.09. The Morgan fingerprint density at radius 3 is 2.71 bits per heavy atom. The van der Waals surface area contributed by atoms with E-state index in [0.717, 1.165) is 23.4 Å². The number of halogens is 1. The van der Waals surface area contributed by atoms with Crippen LogP contribution in [-0.2, 0) is 6.42 Å². The Balaban J connectivity index is 2.26. The summed E-state index contributed by atoms with van der Waals surface area (Å²) in [5.74, 6) is -0.308. The quantitative estimate of drug-likeness (QED) is 0.910. The van der Waals surface area contributed by atoms with Gasteiger partial charge in [-0.25, -0.2) is 4.39 Å². The van der Waals surface area contributed by atoms with Gasteiger partial charge in [0.1, 0.15) is 11.9 Å². The molecular weight excluding hydrogens is 239 g/mol. The zero-order valence-electron chi connectivity index (χ0n) is 9.43. The molecule has 0 aliphatic carbocycles. The molecule has 1 atom stereocenters. The average molecular weight is 252 g/mol. The van der Waals surface area contributed by atoms with Crippen molar-refractivity contribution in [3.05, 3.63) is 46.2 Å². The Morgan fingerprint density at radius 2 is 2.06 bits per heavy atom. The largest absolute Gasteiger partial charge is 0.383 e. The summed E-state index contributed by atoms with van der Waals surface area (Å²) in [7, 11) is 0. The van der Waals surface area contributed by atoms with Crippen molar-refractivity contribution in [2.75, 3.05) is 0 Å². The number of aryl methyl sites for hydroxylation is 1. The minimum absolute atomic E-state index is 0.308. The Morgan fingerprint density at radius 1 is 1.35 bits per heavy atom. The van der Waals surface area contributed by atoms with Crippen LogP contribution in [0.3, 0.4) is 0 Å². The molecule has 2 rings (SSSR count). The zero-order valence-corrected chi connectivity index (χ0v) is 10.2. The standard InChI is InChI=1S/C12H13FN2OS/c1-2-3-10-12(17-15-14-10)11(16)8-4-6-9(13)7-5-8/h4-7,11,16H,2-3H2,1H3. The molecule has 17 heavy (non-hydrogen) atoms. The van der Waals surface area contributed by atoms with E-state index in [1.165, 1.54) is 23.7 Å². The first-order valence-corrected chi connectivity index (χ1v) is 6.24. The molecule has 1 aromatic carbocycles. The maximum Gasteiger partial charge on any atom is 0.123 e. The second kappa shape index (κ2) is 5.33. The molecule has 0 aliphatic rings. The van der Waals surface area contributed by atoms with Crippen molar-refractivity contribution in [1.82, 2.24) is 9.59 Å². The Labute approximate surface area is 103 Å². The summed E-state index contributed by atoms with van der Waals surface area (Å²) in [5, 5.41) is 14.2. The van der Waals surface area contributed by atoms with Crippen LogP contribution in [0, 0.1) is 5.82 Å². The molecule has 0 radical (unpaired) electrons. The molecule has 0 amide bonds. The lowest BCUT2D eigenvalue weighted by atomic mass is 10.1. The van der Waals surface area contributed by atoms with Gasteiger partial charge in [-0.3, -0.25) is 0 Å². The number of aliphatic hydroxyl groups excluding tert-OH is 1. The second-order valence-electron chi connectivity index (χ2n) is 3.79. The van der Waals surface area contributed by atoms with Gasteiger partial charge in [0.05, 0.1) is 10.6 Å². The molecule has 0 aliphatic heterocycles. The van der Waals surface area contributed by atoms with Crippen LogP contribution in [-0.4, -0.2) is 14.7 Å². The van der Waals surface area contributed by atoms with E-state index in [-0.39, 0.29) is 5.82 Å². The van der Waals surface area contributed by atoms with Crippen LogP contribution in [0.15, 0.2) is 24.3 Å². The van der Waals surface area contributed by atoms with E-state index in [4.69, 9.17) is 0 Å². The molecule has 1 aromatic heterocycles. The van der Waals surface area contributed by atoms with E-state index in [1.807, 2.05) is 6.92 Å². The highest BCUT2D eigenvalue weighted by Gasteiger charge is 2.18. The van der Waals surface area contributed by atoms with Crippen molar-refractivity contribution in [1.29, 1.82) is 0 Å². The summed E-state index contributed by atoms with van der Waals surface area (Å²) in [4.78, 5) is 0.749. The highest BCUT2D eigenvalue weighted by Crippen LogP contribution is 2.27. The molecule has 5 heteroatoms. The van der Waals surface area contributed by atoms with Gasteiger partial charge in [0.15, 0.2) is 0 Å². The summed E-state index contributed by atoms with van der Waals surface area (Å²) in [6, 6.07) is 5.84. The van der Waals surface area contributed by atoms with Crippen molar-refractivity contribution in [3.63, 3.8) is 0 Å². The number of hydrogen-bond donors (Lipinski definition) is 1. The first-order chi connectivity index (χ1) is 8.22. The van der Waals surface area contributed by atoms with Gasteiger partial charge in [-0.1, -0.05) is 30.0 Å². The molecule has 0 saturated carbocycles. The van der Waals surface area contributed by atoms with Gasteiger partial charge in [-0.05, 0) is 35.6 Å². The van der Waals surface area contributed by atoms with E-state index in [0.29, 0.717) is 5.56 Å². The number of nitrogens with zero attached hydrogens (tertiary/aromatic N) is 2. The van der Waals surface area contributed by atoms with Crippen LogP contribution in [0.2, 0.25) is 0 Å². The smallest absolute Gasteiger partial charge is 0.123 e. The monoisotopic (exact) mass is 252 g/mol. The third-order valence-corrected chi connectivity index (χ3v) is 3.32. The minimum Gasteiger partial charge on any atom is -0.383 e. The van der Waals surface area contributed by atoms with Crippen LogP contribution in [0.25, 0.3) is 0 Å². The molecular formula is C12H13FN2OS. The predicted octanol–water partition coefficient (Wildman–Crippen LogP) is 2.71. The van der Waals surface area contributed by atoms with Crippen molar-refractivity contribution in [2.45, 2.75) is 25.9 Å². The first kappa shape index (κ1) is 12.1. The van der Waals surface area contributed by atoms with Crippen molar-refractivity contribution in [2.24, 2.45) is 0 Å². The fourth-order valence-electron chi connectivity index (χ4n) is 1.63. The summed E-state index contributed by atoms with van der Waals surface area (Å²) >= 11 is 1.19. The van der Waals surface area contributed by atoms with Gasteiger partial charge in [0, 0.05) is 0 Å². The number of aliphatic hydroxyl groups is 1. The predicted molar refractivity (Wildman–Crippen MR) is 64.4 cm³/mol. The maximum atomic E-state index is 12.8. The van der Waals surface area contributed by atoms with E-state index >= 15 is 0 Å². The molecule has 1 N–H and O–H groups in total. The Hall–Kier alpha value is -1.33. The molecule has 2 aromatic rings. The Kier molecular flexibility index (Phi) is 3.81. The molecule has 1 heterocycles. The lowest BCUT2D eigenvalue weighted by molar-refractivity contribution is 0.222. The van der Waals surface area contributed by atoms with Crippen LogP contribution in [0.1, 0.15) is 35.6 Å². The van der Waals surface area contributed by atoms with Gasteiger partial charge in [-0.15, -0.1) is 5.10 Å². The molecule has 0 bridgehead atoms. The van der Waals surface area contributed by atoms with Gasteiger partial charge in [0.25, 0.3) is 0 Å². The molecule has 0 spiro atoms. The normalized spacial score (nSPS) is 12.6. The fraction of sp³-hybridized carbons (Fsp3) is 0.333. The van der Waals surface area contributed by atoms with E-state index < -0.39 is 6.10 Å². The van der Waals surface area contributed by atoms with Crippen molar-refractivity contribution >= 4 is 11.5 Å². The average Bonchev–Trinajstić information content (AvgIpc) is 2.78. The SMILES string of the molecule is CCCc1nnsc1C(O)c1ccc(F)cc1. The highest BCUT2D eigenvalue weighted by molar-refractivity contribution is 7.05. The number of rotatable bonds is 4. The first-order valence-electron chi connectivity index (χ1n) is 5.47. The topological polar surface area (TPSA) is 46.0 Å². The number of aromatic nitrogens is 2. The summed E-state index contributed by atoms with van der Waals surface area (Å²) in [5.41, 5.74) is 1.49. The van der Waals surface area contributed by atoms with Gasteiger partial charge in [0.2, 0.25) is 0 Å². The molecule has 1 unspecified atom stereocenters. The minimum atomic E-state index is -0.767. The lowest BCUT2D eigenvalue weighted by Crippen LogP contribution is -2.01. The van der Waals surface area contributed by atoms with Gasteiger partial charge < -0.3 is 5.11 Å². The van der Waals surface area contributed by atoms with Crippen molar-refractivity contribution < 1.29 is 9.50 Å². The number of hydrogen-bond acceptors (Lipinski definition) is 4. The summed E-state index contributed by atoms with van der Waals surface area (Å²) in [6.07, 6.45) is 0.982. The van der Waals surface area contributed by atoms with Crippen LogP contribution in [0.5, 0.6) is 0 Å². The summed E-state index contributed by atoms with van der Waals surface area (Å²) < 4.78 is 16.7. The van der Waals surface area contributed by atoms with E-state index in [2.05, 4.69) is 9.59 Å². The van der Waals surface area contributed by atoms with Crippen LogP contribution < -0.4 is 0 Å². The molecule has 90 valence electrons. The number of benzene rings is 1. The maximum absolute atomic E-state index is 12.8. The molecule has 3 nitrogen and oxygen atoms in total. The summed E-state index contributed by atoms with van der Waals surface area (Å²) in [6.45, 7) is 2.05. The fourth-order valence-corrected chi connectivity index (χ4v) is 2.34. The second-order valence-corrected chi connectivity index (χ2v) is 4.57. The van der Waals surface area contributed by atoms with Gasteiger partial charge in [-0.2, -0.15) is 0 Å². The third kappa shape index (κ3) is 2.68.